The Morgan fingerprint density at radius 3 is 2.91 bits per heavy atom. The second-order valence-corrected chi connectivity index (χ2v) is 7.95. The lowest BCUT2D eigenvalue weighted by molar-refractivity contribution is 0.157. The van der Waals surface area contributed by atoms with Crippen molar-refractivity contribution in [1.29, 1.82) is 0 Å². The molecule has 0 saturated carbocycles. The summed E-state index contributed by atoms with van der Waals surface area (Å²) in [5.41, 5.74) is 1.08. The molecule has 3 heterocycles. The van der Waals surface area contributed by atoms with Crippen molar-refractivity contribution in [2.45, 2.75) is 33.0 Å². The SMILES string of the molecule is CCS(=O)(=O)NC[C@H]1CN(Cc2ccc(C)o2)Cc2ccnn21. The Labute approximate surface area is 136 Å². The number of rotatable bonds is 6. The van der Waals surface area contributed by atoms with Crippen LogP contribution in [0.3, 0.4) is 0 Å². The van der Waals surface area contributed by atoms with Gasteiger partial charge in [-0.1, -0.05) is 0 Å². The predicted molar refractivity (Wildman–Crippen MR) is 86.3 cm³/mol. The average molecular weight is 338 g/mol. The molecule has 0 radical (unpaired) electrons. The minimum Gasteiger partial charge on any atom is -0.465 e. The Morgan fingerprint density at radius 2 is 2.22 bits per heavy atom. The van der Waals surface area contributed by atoms with E-state index in [0.717, 1.165) is 30.3 Å². The lowest BCUT2D eigenvalue weighted by Gasteiger charge is -2.33. The maximum absolute atomic E-state index is 11.7. The Kier molecular flexibility index (Phi) is 4.56. The summed E-state index contributed by atoms with van der Waals surface area (Å²) in [5, 5.41) is 4.34. The summed E-state index contributed by atoms with van der Waals surface area (Å²) in [6.45, 7) is 6.11. The molecule has 0 spiro atoms. The van der Waals surface area contributed by atoms with Crippen LogP contribution in [0.1, 0.15) is 30.2 Å². The normalized spacial score (nSPS) is 19.0. The van der Waals surface area contributed by atoms with Crippen LogP contribution in [-0.4, -0.2) is 41.9 Å². The number of hydrogen-bond acceptors (Lipinski definition) is 5. The summed E-state index contributed by atoms with van der Waals surface area (Å²) in [5.74, 6) is 1.90. The third-order valence-corrected chi connectivity index (χ3v) is 5.41. The molecule has 2 aromatic rings. The highest BCUT2D eigenvalue weighted by Gasteiger charge is 2.27. The lowest BCUT2D eigenvalue weighted by Crippen LogP contribution is -2.42. The van der Waals surface area contributed by atoms with Crippen LogP contribution >= 0.6 is 0 Å². The van der Waals surface area contributed by atoms with Gasteiger partial charge in [-0.25, -0.2) is 13.1 Å². The molecule has 1 aliphatic rings. The third-order valence-electron chi connectivity index (χ3n) is 4.05. The monoisotopic (exact) mass is 338 g/mol. The van der Waals surface area contributed by atoms with Gasteiger partial charge in [0.25, 0.3) is 0 Å². The first-order valence-corrected chi connectivity index (χ1v) is 9.39. The average Bonchev–Trinajstić information content (AvgIpc) is 3.14. The van der Waals surface area contributed by atoms with Gasteiger partial charge in [-0.2, -0.15) is 5.10 Å². The van der Waals surface area contributed by atoms with E-state index in [0.29, 0.717) is 13.1 Å². The van der Waals surface area contributed by atoms with Crippen LogP contribution in [0.4, 0.5) is 0 Å². The minimum absolute atomic E-state index is 0.0221. The van der Waals surface area contributed by atoms with Gasteiger partial charge in [0.05, 0.1) is 24.0 Å². The van der Waals surface area contributed by atoms with Crippen LogP contribution in [0.15, 0.2) is 28.8 Å². The third kappa shape index (κ3) is 3.82. The van der Waals surface area contributed by atoms with Gasteiger partial charge in [0.2, 0.25) is 10.0 Å². The molecule has 1 atom stereocenters. The van der Waals surface area contributed by atoms with Crippen LogP contribution in [0.25, 0.3) is 0 Å². The largest absolute Gasteiger partial charge is 0.465 e. The van der Waals surface area contributed by atoms with Crippen molar-refractivity contribution in [3.05, 3.63) is 41.6 Å². The minimum atomic E-state index is -3.21. The predicted octanol–water partition coefficient (Wildman–Crippen LogP) is 1.28. The first-order chi connectivity index (χ1) is 11.0. The zero-order valence-corrected chi connectivity index (χ0v) is 14.2. The summed E-state index contributed by atoms with van der Waals surface area (Å²) in [7, 11) is -3.21. The number of nitrogens with zero attached hydrogens (tertiary/aromatic N) is 3. The molecule has 8 heteroatoms. The molecule has 23 heavy (non-hydrogen) atoms. The summed E-state index contributed by atoms with van der Waals surface area (Å²) >= 11 is 0. The Hall–Kier alpha value is -1.64. The molecule has 0 aliphatic carbocycles. The van der Waals surface area contributed by atoms with Crippen LogP contribution in [-0.2, 0) is 23.1 Å². The number of aromatic nitrogens is 2. The van der Waals surface area contributed by atoms with Crippen LogP contribution in [0.5, 0.6) is 0 Å². The summed E-state index contributed by atoms with van der Waals surface area (Å²) < 4.78 is 33.6. The fourth-order valence-electron chi connectivity index (χ4n) is 2.85. The Balaban J connectivity index is 1.72. The van der Waals surface area contributed by atoms with Gasteiger partial charge in [0.15, 0.2) is 0 Å². The fraction of sp³-hybridized carbons (Fsp3) is 0.533. The zero-order chi connectivity index (χ0) is 16.4. The Morgan fingerprint density at radius 1 is 1.39 bits per heavy atom. The second kappa shape index (κ2) is 6.46. The van der Waals surface area contributed by atoms with Crippen LogP contribution < -0.4 is 4.72 Å². The zero-order valence-electron chi connectivity index (χ0n) is 13.4. The van der Waals surface area contributed by atoms with Gasteiger partial charge in [-0.05, 0) is 32.0 Å². The van der Waals surface area contributed by atoms with Gasteiger partial charge in [0, 0.05) is 25.8 Å². The summed E-state index contributed by atoms with van der Waals surface area (Å²) in [6, 6.07) is 5.89. The first kappa shape index (κ1) is 16.2. The molecule has 3 rings (SSSR count). The first-order valence-electron chi connectivity index (χ1n) is 7.74. The van der Waals surface area contributed by atoms with Crippen molar-refractivity contribution in [3.8, 4) is 0 Å². The number of nitrogens with one attached hydrogen (secondary N) is 1. The molecule has 1 N–H and O–H groups in total. The van der Waals surface area contributed by atoms with Crippen molar-refractivity contribution >= 4 is 10.0 Å². The highest BCUT2D eigenvalue weighted by Crippen LogP contribution is 2.22. The quantitative estimate of drug-likeness (QED) is 0.858. The van der Waals surface area contributed by atoms with E-state index in [4.69, 9.17) is 4.42 Å². The van der Waals surface area contributed by atoms with Crippen molar-refractivity contribution in [3.63, 3.8) is 0 Å². The molecular weight excluding hydrogens is 316 g/mol. The molecule has 0 bridgehead atoms. The van der Waals surface area contributed by atoms with E-state index in [1.54, 1.807) is 13.1 Å². The van der Waals surface area contributed by atoms with Gasteiger partial charge < -0.3 is 4.42 Å². The molecule has 0 unspecified atom stereocenters. The van der Waals surface area contributed by atoms with Crippen molar-refractivity contribution in [1.82, 2.24) is 19.4 Å². The smallest absolute Gasteiger partial charge is 0.211 e. The molecule has 0 amide bonds. The fourth-order valence-corrected chi connectivity index (χ4v) is 3.50. The highest BCUT2D eigenvalue weighted by atomic mass is 32.2. The number of furan rings is 1. The summed E-state index contributed by atoms with van der Waals surface area (Å²) in [6.07, 6.45) is 1.76. The molecular formula is C15H22N4O3S. The molecule has 1 aliphatic heterocycles. The molecule has 0 saturated heterocycles. The number of fused-ring (bicyclic) bond motifs is 1. The number of sulfonamides is 1. The van der Waals surface area contributed by atoms with E-state index in [1.807, 2.05) is 29.8 Å². The van der Waals surface area contributed by atoms with Crippen molar-refractivity contribution < 1.29 is 12.8 Å². The van der Waals surface area contributed by atoms with Crippen LogP contribution in [0, 0.1) is 6.92 Å². The molecule has 126 valence electrons. The standard InChI is InChI=1S/C15H22N4O3S/c1-3-23(20,21)17-8-14-10-18(9-13-6-7-16-19(13)14)11-15-5-4-12(2)22-15/h4-7,14,17H,3,8-11H2,1-2H3/t14-/m0/s1. The van der Waals surface area contributed by atoms with Gasteiger partial charge in [-0.3, -0.25) is 9.58 Å². The molecule has 0 fully saturated rings. The van der Waals surface area contributed by atoms with E-state index in [9.17, 15) is 8.42 Å². The molecule has 0 aromatic carbocycles. The van der Waals surface area contributed by atoms with E-state index >= 15 is 0 Å². The Bertz CT molecular complexity index is 765. The summed E-state index contributed by atoms with van der Waals surface area (Å²) in [4.78, 5) is 2.25. The second-order valence-electron chi connectivity index (χ2n) is 5.85. The van der Waals surface area contributed by atoms with E-state index in [1.165, 1.54) is 0 Å². The van der Waals surface area contributed by atoms with E-state index in [-0.39, 0.29) is 11.8 Å². The number of hydrogen-bond donors (Lipinski definition) is 1. The van der Waals surface area contributed by atoms with Gasteiger partial charge in [0.1, 0.15) is 11.5 Å². The van der Waals surface area contributed by atoms with Gasteiger partial charge in [-0.15, -0.1) is 0 Å². The van der Waals surface area contributed by atoms with E-state index in [2.05, 4.69) is 14.7 Å². The molecule has 7 nitrogen and oxygen atoms in total. The molecule has 2 aromatic heterocycles. The number of aryl methyl sites for hydroxylation is 1. The maximum Gasteiger partial charge on any atom is 0.211 e. The van der Waals surface area contributed by atoms with E-state index < -0.39 is 10.0 Å². The van der Waals surface area contributed by atoms with Crippen molar-refractivity contribution in [2.24, 2.45) is 0 Å². The van der Waals surface area contributed by atoms with Crippen LogP contribution in [0.2, 0.25) is 0 Å². The van der Waals surface area contributed by atoms with Crippen molar-refractivity contribution in [2.75, 3.05) is 18.8 Å². The maximum atomic E-state index is 11.7. The highest BCUT2D eigenvalue weighted by molar-refractivity contribution is 7.89. The topological polar surface area (TPSA) is 80.4 Å². The van der Waals surface area contributed by atoms with Gasteiger partial charge >= 0.3 is 0 Å². The lowest BCUT2D eigenvalue weighted by atomic mass is 10.2.